The lowest BCUT2D eigenvalue weighted by molar-refractivity contribution is 0.0647. The van der Waals surface area contributed by atoms with Gasteiger partial charge >= 0.3 is 17.9 Å². The van der Waals surface area contributed by atoms with Crippen molar-refractivity contribution in [3.05, 3.63) is 69.8 Å². The molecule has 7 rings (SSSR count). The highest BCUT2D eigenvalue weighted by Gasteiger charge is 2.36. The number of carbonyl (C=O) groups excluding carboxylic acids is 3. The van der Waals surface area contributed by atoms with Crippen molar-refractivity contribution in [1.82, 2.24) is 15.0 Å². The maximum Gasteiger partial charge on any atom is 0.349 e. The molecular weight excluding hydrogens is 757 g/mol. The zero-order chi connectivity index (χ0) is 42.3. The molecular formula is C48H60N6O6. The predicted octanol–water partition coefficient (Wildman–Crippen LogP) is 12.0. The van der Waals surface area contributed by atoms with Gasteiger partial charge in [0.25, 0.3) is 0 Å². The van der Waals surface area contributed by atoms with E-state index in [1.807, 2.05) is 36.4 Å². The molecule has 3 atom stereocenters. The molecule has 1 aromatic heterocycles. The molecule has 3 aliphatic rings. The van der Waals surface area contributed by atoms with Crippen LogP contribution in [0.1, 0.15) is 166 Å². The average Bonchev–Trinajstić information content (AvgIpc) is 3.22. The standard InChI is InChI=1S/C48H60N6O6/c1-7-13-16-28(10-4)25-31-19-22-34(37-40(31)58-43(37)55)49-46-52-47(50-35-23-20-32(41-38(35)44(56)59-41)26-29(11-5)17-14-8-2)54-48(53-46)51-36-24-21-33(42-39(36)45(57)60-42)27-30(12-6)18-15-9-3/h19-24,28-30H,7-18,25-27H2,1-6H3,(H3,49,50,51,52,53,54). The monoisotopic (exact) mass is 816 g/mol. The van der Waals surface area contributed by atoms with Gasteiger partial charge in [-0.2, -0.15) is 15.0 Å². The molecule has 3 N–H and O–H groups in total. The van der Waals surface area contributed by atoms with Gasteiger partial charge in [0.05, 0.1) is 17.1 Å². The van der Waals surface area contributed by atoms with E-state index < -0.39 is 17.9 Å². The number of hydrogen-bond donors (Lipinski definition) is 3. The van der Waals surface area contributed by atoms with Crippen molar-refractivity contribution in [3.63, 3.8) is 0 Å². The average molecular weight is 817 g/mol. The second-order valence-corrected chi connectivity index (χ2v) is 16.6. The van der Waals surface area contributed by atoms with Gasteiger partial charge in [-0.3, -0.25) is 0 Å². The van der Waals surface area contributed by atoms with E-state index in [2.05, 4.69) is 57.5 Å². The van der Waals surface area contributed by atoms with Crippen molar-refractivity contribution in [2.45, 2.75) is 138 Å². The molecule has 0 radical (unpaired) electrons. The van der Waals surface area contributed by atoms with Gasteiger partial charge in [-0.1, -0.05) is 137 Å². The summed E-state index contributed by atoms with van der Waals surface area (Å²) in [7, 11) is 0. The van der Waals surface area contributed by atoms with Crippen LogP contribution < -0.4 is 30.2 Å². The van der Waals surface area contributed by atoms with Crippen molar-refractivity contribution in [2.24, 2.45) is 17.8 Å². The first kappa shape index (κ1) is 42.6. The summed E-state index contributed by atoms with van der Waals surface area (Å²) in [6, 6.07) is 11.6. The predicted molar refractivity (Wildman–Crippen MR) is 235 cm³/mol. The molecule has 3 aromatic carbocycles. The number of nitrogens with zero attached hydrogens (tertiary/aromatic N) is 3. The molecule has 0 amide bonds. The second-order valence-electron chi connectivity index (χ2n) is 16.6. The Balaban J connectivity index is 1.21. The Morgan fingerprint density at radius 3 is 0.967 bits per heavy atom. The largest absolute Gasteiger partial charge is 0.421 e. The van der Waals surface area contributed by atoms with E-state index in [1.54, 1.807) is 0 Å². The number of rotatable bonds is 24. The highest BCUT2D eigenvalue weighted by molar-refractivity contribution is 6.09. The van der Waals surface area contributed by atoms with Gasteiger partial charge in [0.15, 0.2) is 17.2 Å². The Bertz CT molecular complexity index is 1980. The third-order valence-corrected chi connectivity index (χ3v) is 12.4. The number of esters is 3. The number of fused-ring (bicyclic) bond motifs is 3. The molecule has 318 valence electrons. The summed E-state index contributed by atoms with van der Waals surface area (Å²) >= 11 is 0. The van der Waals surface area contributed by atoms with Crippen LogP contribution >= 0.6 is 0 Å². The Morgan fingerprint density at radius 2 is 0.733 bits per heavy atom. The lowest BCUT2D eigenvalue weighted by Gasteiger charge is -2.27. The summed E-state index contributed by atoms with van der Waals surface area (Å²) in [5, 5.41) is 9.76. The highest BCUT2D eigenvalue weighted by Crippen LogP contribution is 2.44. The van der Waals surface area contributed by atoms with Gasteiger partial charge < -0.3 is 30.2 Å². The second kappa shape index (κ2) is 19.2. The fourth-order valence-corrected chi connectivity index (χ4v) is 8.59. The number of ether oxygens (including phenoxy) is 3. The Hall–Kier alpha value is -5.52. The van der Waals surface area contributed by atoms with E-state index in [0.717, 1.165) is 113 Å². The summed E-state index contributed by atoms with van der Waals surface area (Å²) in [6.07, 6.45) is 15.9. The summed E-state index contributed by atoms with van der Waals surface area (Å²) < 4.78 is 16.8. The van der Waals surface area contributed by atoms with E-state index >= 15 is 0 Å². The number of aromatic nitrogens is 3. The molecule has 0 saturated carbocycles. The van der Waals surface area contributed by atoms with Crippen LogP contribution in [0.2, 0.25) is 0 Å². The van der Waals surface area contributed by atoms with Crippen LogP contribution in [0.15, 0.2) is 36.4 Å². The lowest BCUT2D eigenvalue weighted by atomic mass is 9.89. The van der Waals surface area contributed by atoms with E-state index in [0.29, 0.717) is 68.8 Å². The maximum absolute atomic E-state index is 12.9. The van der Waals surface area contributed by atoms with Gasteiger partial charge in [0, 0.05) is 0 Å². The topological polar surface area (TPSA) is 154 Å². The lowest BCUT2D eigenvalue weighted by Crippen LogP contribution is -2.26. The van der Waals surface area contributed by atoms with Gasteiger partial charge in [-0.25, -0.2) is 14.4 Å². The van der Waals surface area contributed by atoms with Crippen LogP contribution in [0.5, 0.6) is 17.2 Å². The zero-order valence-corrected chi connectivity index (χ0v) is 36.1. The SMILES string of the molecule is CCCCC(CC)Cc1ccc(Nc2nc(Nc3ccc(CC(CC)CCCC)c4c3C(=O)O4)nc(Nc3ccc(CC(CC)CCCC)c4c3C(=O)O4)n2)c2c1OC2=O. The maximum atomic E-state index is 12.9. The summed E-state index contributed by atoms with van der Waals surface area (Å²) in [5.41, 5.74) is 5.89. The van der Waals surface area contributed by atoms with Crippen LogP contribution in [0.3, 0.4) is 0 Å². The molecule has 12 heteroatoms. The minimum atomic E-state index is -0.419. The van der Waals surface area contributed by atoms with Crippen molar-refractivity contribution in [2.75, 3.05) is 16.0 Å². The summed E-state index contributed by atoms with van der Waals surface area (Å²) in [5.74, 6) is 2.39. The van der Waals surface area contributed by atoms with E-state index in [9.17, 15) is 14.4 Å². The molecule has 3 aliphatic heterocycles. The Kier molecular flexibility index (Phi) is 13.7. The molecule has 4 heterocycles. The highest BCUT2D eigenvalue weighted by atomic mass is 16.6. The third-order valence-electron chi connectivity index (χ3n) is 12.4. The van der Waals surface area contributed by atoms with Crippen molar-refractivity contribution >= 4 is 52.8 Å². The minimum absolute atomic E-state index is 0.138. The third kappa shape index (κ3) is 9.12. The van der Waals surface area contributed by atoms with Crippen LogP contribution in [0.25, 0.3) is 0 Å². The van der Waals surface area contributed by atoms with Crippen LogP contribution in [0.4, 0.5) is 34.9 Å². The summed E-state index contributed by atoms with van der Waals surface area (Å²) in [4.78, 5) is 53.0. The van der Waals surface area contributed by atoms with Gasteiger partial charge in [-0.15, -0.1) is 0 Å². The van der Waals surface area contributed by atoms with Gasteiger partial charge in [0.2, 0.25) is 17.8 Å². The first-order chi connectivity index (χ1) is 29.2. The van der Waals surface area contributed by atoms with Crippen LogP contribution in [0, 0.1) is 17.8 Å². The normalized spacial score (nSPS) is 14.8. The molecule has 60 heavy (non-hydrogen) atoms. The molecule has 3 unspecified atom stereocenters. The molecule has 0 spiro atoms. The molecule has 12 nitrogen and oxygen atoms in total. The number of anilines is 6. The van der Waals surface area contributed by atoms with Crippen LogP contribution in [-0.2, 0) is 19.3 Å². The number of nitrogens with one attached hydrogen (secondary N) is 3. The molecule has 0 bridgehead atoms. The van der Waals surface area contributed by atoms with E-state index in [-0.39, 0.29) is 17.8 Å². The number of unbranched alkanes of at least 4 members (excludes halogenated alkanes) is 3. The van der Waals surface area contributed by atoms with Crippen molar-refractivity contribution in [1.29, 1.82) is 0 Å². The quantitative estimate of drug-likeness (QED) is 0.0577. The Morgan fingerprint density at radius 1 is 0.450 bits per heavy atom. The fraction of sp³-hybridized carbons (Fsp3) is 0.500. The van der Waals surface area contributed by atoms with Crippen molar-refractivity contribution < 1.29 is 28.6 Å². The molecule has 0 saturated heterocycles. The fourth-order valence-electron chi connectivity index (χ4n) is 8.59. The van der Waals surface area contributed by atoms with Gasteiger partial charge in [-0.05, 0) is 71.9 Å². The van der Waals surface area contributed by atoms with Gasteiger partial charge in [0.1, 0.15) is 16.7 Å². The number of hydrogen-bond acceptors (Lipinski definition) is 12. The first-order valence-electron chi connectivity index (χ1n) is 22.4. The first-order valence-corrected chi connectivity index (χ1v) is 22.4. The van der Waals surface area contributed by atoms with Crippen LogP contribution in [-0.4, -0.2) is 32.9 Å². The molecule has 4 aromatic rings. The van der Waals surface area contributed by atoms with E-state index in [4.69, 9.17) is 29.2 Å². The molecule has 0 fully saturated rings. The van der Waals surface area contributed by atoms with Crippen molar-refractivity contribution in [3.8, 4) is 17.2 Å². The molecule has 0 aliphatic carbocycles. The Labute approximate surface area is 354 Å². The summed E-state index contributed by atoms with van der Waals surface area (Å²) in [6.45, 7) is 13.2. The number of benzene rings is 3. The smallest absolute Gasteiger partial charge is 0.349 e. The number of carbonyl (C=O) groups is 3. The van der Waals surface area contributed by atoms with E-state index in [1.165, 1.54) is 0 Å². The minimum Gasteiger partial charge on any atom is -0.421 e. The zero-order valence-electron chi connectivity index (χ0n) is 36.1.